The van der Waals surface area contributed by atoms with Gasteiger partial charge in [0.05, 0.1) is 6.54 Å². The van der Waals surface area contributed by atoms with E-state index in [1.807, 2.05) is 20.8 Å². The summed E-state index contributed by atoms with van der Waals surface area (Å²) >= 11 is 0. The molecule has 1 amide bonds. The van der Waals surface area contributed by atoms with Crippen LogP contribution in [0.15, 0.2) is 0 Å². The Morgan fingerprint density at radius 2 is 1.92 bits per heavy atom. The topological polar surface area (TPSA) is 41.1 Å². The van der Waals surface area contributed by atoms with Crippen molar-refractivity contribution in [3.05, 3.63) is 0 Å². The second-order valence-electron chi connectivity index (χ2n) is 5.21. The minimum Gasteiger partial charge on any atom is -0.350 e. The van der Waals surface area contributed by atoms with Crippen LogP contribution >= 0.6 is 0 Å². The molecule has 1 fully saturated rings. The van der Waals surface area contributed by atoms with E-state index in [2.05, 4.69) is 17.6 Å². The van der Waals surface area contributed by atoms with E-state index in [-0.39, 0.29) is 17.0 Å². The predicted octanol–water partition coefficient (Wildman–Crippen LogP) is 1.04. The highest BCUT2D eigenvalue weighted by Gasteiger charge is 2.36. The van der Waals surface area contributed by atoms with E-state index in [1.54, 1.807) is 0 Å². The standard InChI is InChI=1S/C10H20N2O/c1-9(2,3)12-8(13)7-11-10(4)5-6-10/h11H,5-7H2,1-4H3,(H,12,13). The van der Waals surface area contributed by atoms with Gasteiger partial charge in [-0.05, 0) is 40.5 Å². The average Bonchev–Trinajstić information content (AvgIpc) is 2.62. The van der Waals surface area contributed by atoms with Crippen molar-refractivity contribution in [3.8, 4) is 0 Å². The van der Waals surface area contributed by atoms with Crippen molar-refractivity contribution in [2.75, 3.05) is 6.54 Å². The largest absolute Gasteiger partial charge is 0.350 e. The lowest BCUT2D eigenvalue weighted by Crippen LogP contribution is -2.46. The van der Waals surface area contributed by atoms with Crippen LogP contribution in [-0.2, 0) is 4.79 Å². The molecule has 3 heteroatoms. The Hall–Kier alpha value is -0.570. The Kier molecular flexibility index (Phi) is 2.66. The van der Waals surface area contributed by atoms with Gasteiger partial charge in [-0.1, -0.05) is 0 Å². The fourth-order valence-corrected chi connectivity index (χ4v) is 1.12. The Morgan fingerprint density at radius 3 is 2.31 bits per heavy atom. The first kappa shape index (κ1) is 10.5. The molecule has 13 heavy (non-hydrogen) atoms. The maximum absolute atomic E-state index is 11.4. The van der Waals surface area contributed by atoms with E-state index in [4.69, 9.17) is 0 Å². The number of carbonyl (C=O) groups excluding carboxylic acids is 1. The molecule has 1 saturated carbocycles. The summed E-state index contributed by atoms with van der Waals surface area (Å²) in [6.45, 7) is 8.56. The summed E-state index contributed by atoms with van der Waals surface area (Å²) < 4.78 is 0. The molecule has 1 aliphatic rings. The van der Waals surface area contributed by atoms with Gasteiger partial charge >= 0.3 is 0 Å². The van der Waals surface area contributed by atoms with Crippen LogP contribution in [0, 0.1) is 0 Å². The average molecular weight is 184 g/mol. The van der Waals surface area contributed by atoms with Crippen molar-refractivity contribution >= 4 is 5.91 Å². The molecule has 0 bridgehead atoms. The first-order valence-corrected chi connectivity index (χ1v) is 4.87. The van der Waals surface area contributed by atoms with Gasteiger partial charge in [0.2, 0.25) is 5.91 Å². The van der Waals surface area contributed by atoms with Crippen molar-refractivity contribution in [2.45, 2.75) is 51.6 Å². The van der Waals surface area contributed by atoms with Crippen LogP contribution in [0.4, 0.5) is 0 Å². The second-order valence-corrected chi connectivity index (χ2v) is 5.21. The van der Waals surface area contributed by atoms with Crippen molar-refractivity contribution in [3.63, 3.8) is 0 Å². The minimum absolute atomic E-state index is 0.0839. The molecule has 1 rings (SSSR count). The van der Waals surface area contributed by atoms with Gasteiger partial charge < -0.3 is 10.6 Å². The van der Waals surface area contributed by atoms with Crippen LogP contribution in [-0.4, -0.2) is 23.5 Å². The fourth-order valence-electron chi connectivity index (χ4n) is 1.12. The Labute approximate surface area is 80.3 Å². The highest BCUT2D eigenvalue weighted by Crippen LogP contribution is 2.33. The van der Waals surface area contributed by atoms with Crippen molar-refractivity contribution < 1.29 is 4.79 Å². The summed E-state index contributed by atoms with van der Waals surface area (Å²) in [5.74, 6) is 0.0839. The minimum atomic E-state index is -0.122. The molecule has 0 aromatic rings. The third-order valence-electron chi connectivity index (χ3n) is 2.19. The number of hydrogen-bond donors (Lipinski definition) is 2. The molecule has 0 aromatic carbocycles. The van der Waals surface area contributed by atoms with E-state index in [0.29, 0.717) is 6.54 Å². The van der Waals surface area contributed by atoms with Crippen molar-refractivity contribution in [2.24, 2.45) is 0 Å². The van der Waals surface area contributed by atoms with Crippen LogP contribution in [0.2, 0.25) is 0 Å². The molecule has 1 aliphatic carbocycles. The molecular formula is C10H20N2O. The molecule has 0 aliphatic heterocycles. The molecule has 0 aromatic heterocycles. The predicted molar refractivity (Wildman–Crippen MR) is 53.5 cm³/mol. The zero-order valence-electron chi connectivity index (χ0n) is 9.03. The van der Waals surface area contributed by atoms with Crippen molar-refractivity contribution in [1.29, 1.82) is 0 Å². The molecule has 0 heterocycles. The van der Waals surface area contributed by atoms with E-state index in [9.17, 15) is 4.79 Å². The number of hydrogen-bond acceptors (Lipinski definition) is 2. The van der Waals surface area contributed by atoms with Gasteiger partial charge in [0.25, 0.3) is 0 Å². The summed E-state index contributed by atoms with van der Waals surface area (Å²) in [5.41, 5.74) is 0.123. The summed E-state index contributed by atoms with van der Waals surface area (Å²) in [6.07, 6.45) is 2.38. The molecule has 3 nitrogen and oxygen atoms in total. The number of nitrogens with one attached hydrogen (secondary N) is 2. The number of rotatable bonds is 3. The van der Waals surface area contributed by atoms with Crippen LogP contribution in [0.25, 0.3) is 0 Å². The normalized spacial score (nSPS) is 19.7. The molecule has 0 saturated heterocycles. The molecule has 2 N–H and O–H groups in total. The summed E-state index contributed by atoms with van der Waals surface area (Å²) in [6, 6.07) is 0. The van der Waals surface area contributed by atoms with E-state index >= 15 is 0 Å². The van der Waals surface area contributed by atoms with Crippen LogP contribution in [0.1, 0.15) is 40.5 Å². The molecule has 0 unspecified atom stereocenters. The quantitative estimate of drug-likeness (QED) is 0.688. The molecular weight excluding hydrogens is 164 g/mol. The van der Waals surface area contributed by atoms with Gasteiger partial charge in [0.15, 0.2) is 0 Å². The van der Waals surface area contributed by atoms with Gasteiger partial charge in [-0.25, -0.2) is 0 Å². The zero-order valence-corrected chi connectivity index (χ0v) is 9.03. The first-order valence-electron chi connectivity index (χ1n) is 4.87. The highest BCUT2D eigenvalue weighted by molar-refractivity contribution is 5.78. The summed E-state index contributed by atoms with van der Waals surface area (Å²) in [5, 5.41) is 6.16. The maximum atomic E-state index is 11.4. The van der Waals surface area contributed by atoms with Crippen LogP contribution < -0.4 is 10.6 Å². The van der Waals surface area contributed by atoms with Crippen LogP contribution in [0.5, 0.6) is 0 Å². The van der Waals surface area contributed by atoms with Crippen molar-refractivity contribution in [1.82, 2.24) is 10.6 Å². The lowest BCUT2D eigenvalue weighted by molar-refractivity contribution is -0.121. The lowest BCUT2D eigenvalue weighted by Gasteiger charge is -2.21. The second kappa shape index (κ2) is 3.29. The Morgan fingerprint density at radius 1 is 1.38 bits per heavy atom. The molecule has 0 atom stereocenters. The SMILES string of the molecule is CC(C)(C)NC(=O)CNC1(C)CC1. The molecule has 0 radical (unpaired) electrons. The fraction of sp³-hybridized carbons (Fsp3) is 0.900. The van der Waals surface area contributed by atoms with Crippen LogP contribution in [0.3, 0.4) is 0 Å². The monoisotopic (exact) mass is 184 g/mol. The Bertz CT molecular complexity index is 201. The summed E-state index contributed by atoms with van der Waals surface area (Å²) in [7, 11) is 0. The lowest BCUT2D eigenvalue weighted by atomic mass is 10.1. The van der Waals surface area contributed by atoms with E-state index < -0.39 is 0 Å². The Balaban J connectivity index is 2.18. The van der Waals surface area contributed by atoms with Gasteiger partial charge in [-0.2, -0.15) is 0 Å². The summed E-state index contributed by atoms with van der Waals surface area (Å²) in [4.78, 5) is 11.4. The third-order valence-corrected chi connectivity index (χ3v) is 2.19. The van der Waals surface area contributed by atoms with E-state index in [0.717, 1.165) is 0 Å². The molecule has 0 spiro atoms. The zero-order chi connectivity index (χ0) is 10.1. The first-order chi connectivity index (χ1) is 5.81. The number of amides is 1. The highest BCUT2D eigenvalue weighted by atomic mass is 16.2. The van der Waals surface area contributed by atoms with Gasteiger partial charge in [0.1, 0.15) is 0 Å². The van der Waals surface area contributed by atoms with E-state index in [1.165, 1.54) is 12.8 Å². The maximum Gasteiger partial charge on any atom is 0.234 e. The molecule has 76 valence electrons. The van der Waals surface area contributed by atoms with Gasteiger partial charge in [-0.15, -0.1) is 0 Å². The van der Waals surface area contributed by atoms with Gasteiger partial charge in [0, 0.05) is 11.1 Å². The van der Waals surface area contributed by atoms with Gasteiger partial charge in [-0.3, -0.25) is 4.79 Å². The third kappa shape index (κ3) is 4.27. The smallest absolute Gasteiger partial charge is 0.234 e. The number of carbonyl (C=O) groups is 1.